The van der Waals surface area contributed by atoms with Gasteiger partial charge in [0.25, 0.3) is 0 Å². The number of hydrogen-bond donors (Lipinski definition) is 1. The second-order valence-electron chi connectivity index (χ2n) is 9.82. The van der Waals surface area contributed by atoms with Gasteiger partial charge in [-0.25, -0.2) is 0 Å². The highest BCUT2D eigenvalue weighted by molar-refractivity contribution is 5.98. The van der Waals surface area contributed by atoms with E-state index >= 15 is 0 Å². The molecular formula is C33H39N3O3. The number of anilines is 1. The number of piperidine rings is 1. The summed E-state index contributed by atoms with van der Waals surface area (Å²) in [6.45, 7) is 13.3. The minimum absolute atomic E-state index is 0.00975. The predicted molar refractivity (Wildman–Crippen MR) is 159 cm³/mol. The van der Waals surface area contributed by atoms with Crippen molar-refractivity contribution in [3.05, 3.63) is 108 Å². The van der Waals surface area contributed by atoms with E-state index in [2.05, 4.69) is 30.9 Å². The molecule has 0 aliphatic carbocycles. The van der Waals surface area contributed by atoms with Crippen molar-refractivity contribution < 1.29 is 14.4 Å². The molecule has 39 heavy (non-hydrogen) atoms. The number of aryl methyl sites for hydroxylation is 1. The van der Waals surface area contributed by atoms with Gasteiger partial charge in [-0.05, 0) is 55.7 Å². The molecule has 4 rings (SSSR count). The lowest BCUT2D eigenvalue weighted by Gasteiger charge is -2.31. The van der Waals surface area contributed by atoms with Crippen LogP contribution in [0.1, 0.15) is 62.3 Å². The van der Waals surface area contributed by atoms with Crippen LogP contribution in [-0.2, 0) is 21.0 Å². The van der Waals surface area contributed by atoms with Gasteiger partial charge < -0.3 is 15.1 Å². The SMILES string of the molecule is C=C(O/N=C(\C)c1ccc(C)cc1)c1ccc(NC(=O)C2CCN(Cc3ccccc3)C(=O)C2)cc1.CCC. The van der Waals surface area contributed by atoms with Gasteiger partial charge in [-0.3, -0.25) is 9.59 Å². The van der Waals surface area contributed by atoms with Gasteiger partial charge in [-0.15, -0.1) is 0 Å². The van der Waals surface area contributed by atoms with Crippen LogP contribution in [0.4, 0.5) is 5.69 Å². The molecule has 1 atom stereocenters. The zero-order valence-electron chi connectivity index (χ0n) is 23.4. The molecule has 1 N–H and O–H groups in total. The van der Waals surface area contributed by atoms with Crippen LogP contribution in [0.3, 0.4) is 0 Å². The number of likely N-dealkylation sites (tertiary alicyclic amines) is 1. The Morgan fingerprint density at radius 2 is 1.62 bits per heavy atom. The first kappa shape index (κ1) is 29.4. The van der Waals surface area contributed by atoms with Crippen molar-refractivity contribution in [3.63, 3.8) is 0 Å². The maximum absolute atomic E-state index is 12.8. The Balaban J connectivity index is 0.00000134. The van der Waals surface area contributed by atoms with E-state index in [0.717, 1.165) is 22.4 Å². The fourth-order valence-electron chi connectivity index (χ4n) is 4.08. The van der Waals surface area contributed by atoms with E-state index in [1.807, 2.05) is 85.5 Å². The second kappa shape index (κ2) is 14.7. The zero-order valence-corrected chi connectivity index (χ0v) is 23.4. The Hall–Kier alpha value is -4.19. The van der Waals surface area contributed by atoms with E-state index in [0.29, 0.717) is 31.0 Å². The topological polar surface area (TPSA) is 71.0 Å². The highest BCUT2D eigenvalue weighted by Gasteiger charge is 2.30. The van der Waals surface area contributed by atoms with Gasteiger partial charge in [0.2, 0.25) is 11.8 Å². The Labute approximate surface area is 232 Å². The minimum atomic E-state index is -0.332. The molecule has 6 heteroatoms. The number of carbonyl (C=O) groups is 2. The highest BCUT2D eigenvalue weighted by Crippen LogP contribution is 2.23. The molecule has 0 aromatic heterocycles. The lowest BCUT2D eigenvalue weighted by molar-refractivity contribution is -0.139. The lowest BCUT2D eigenvalue weighted by atomic mass is 9.94. The normalized spacial score (nSPS) is 15.2. The van der Waals surface area contributed by atoms with Crippen LogP contribution in [0.25, 0.3) is 5.76 Å². The molecule has 3 aromatic rings. The first-order valence-electron chi connectivity index (χ1n) is 13.5. The van der Waals surface area contributed by atoms with Crippen LogP contribution in [0.15, 0.2) is 90.6 Å². The third-order valence-electron chi connectivity index (χ3n) is 6.34. The van der Waals surface area contributed by atoms with Crippen LogP contribution in [0.5, 0.6) is 0 Å². The van der Waals surface area contributed by atoms with Gasteiger partial charge in [0.05, 0.1) is 5.71 Å². The number of oxime groups is 1. The number of carbonyl (C=O) groups excluding carboxylic acids is 2. The molecule has 0 saturated carbocycles. The zero-order chi connectivity index (χ0) is 28.2. The molecule has 2 amide bonds. The predicted octanol–water partition coefficient (Wildman–Crippen LogP) is 7.20. The molecule has 0 spiro atoms. The van der Waals surface area contributed by atoms with Crippen LogP contribution >= 0.6 is 0 Å². The largest absolute Gasteiger partial charge is 0.357 e. The summed E-state index contributed by atoms with van der Waals surface area (Å²) in [7, 11) is 0. The number of nitrogens with zero attached hydrogens (tertiary/aromatic N) is 2. The van der Waals surface area contributed by atoms with Crippen LogP contribution in [-0.4, -0.2) is 29.0 Å². The number of amides is 2. The minimum Gasteiger partial charge on any atom is -0.357 e. The quantitative estimate of drug-likeness (QED) is 0.192. The summed E-state index contributed by atoms with van der Waals surface area (Å²) in [4.78, 5) is 32.7. The van der Waals surface area contributed by atoms with E-state index in [1.165, 1.54) is 12.0 Å². The molecule has 1 saturated heterocycles. The van der Waals surface area contributed by atoms with E-state index in [4.69, 9.17) is 4.84 Å². The van der Waals surface area contributed by atoms with Gasteiger partial charge in [0.15, 0.2) is 5.76 Å². The third-order valence-corrected chi connectivity index (χ3v) is 6.34. The van der Waals surface area contributed by atoms with E-state index in [9.17, 15) is 9.59 Å². The first-order valence-corrected chi connectivity index (χ1v) is 13.5. The highest BCUT2D eigenvalue weighted by atomic mass is 16.6. The number of nitrogens with one attached hydrogen (secondary N) is 1. The van der Waals surface area contributed by atoms with E-state index < -0.39 is 0 Å². The van der Waals surface area contributed by atoms with Crippen LogP contribution in [0, 0.1) is 12.8 Å². The van der Waals surface area contributed by atoms with E-state index in [1.54, 1.807) is 12.1 Å². The average Bonchev–Trinajstić information content (AvgIpc) is 2.94. The molecule has 1 heterocycles. The van der Waals surface area contributed by atoms with Crippen LogP contribution in [0.2, 0.25) is 0 Å². The molecule has 3 aromatic carbocycles. The van der Waals surface area contributed by atoms with Crippen molar-refractivity contribution in [1.29, 1.82) is 0 Å². The maximum Gasteiger partial charge on any atom is 0.228 e. The molecule has 0 bridgehead atoms. The van der Waals surface area contributed by atoms with Gasteiger partial charge in [0.1, 0.15) is 0 Å². The Morgan fingerprint density at radius 1 is 1.00 bits per heavy atom. The smallest absolute Gasteiger partial charge is 0.228 e. The fraction of sp³-hybridized carbons (Fsp3) is 0.303. The molecule has 1 unspecified atom stereocenters. The van der Waals surface area contributed by atoms with Crippen molar-refractivity contribution >= 4 is 29.0 Å². The summed E-state index contributed by atoms with van der Waals surface area (Å²) < 4.78 is 0. The second-order valence-corrected chi connectivity index (χ2v) is 9.82. The molecule has 1 aliphatic rings. The van der Waals surface area contributed by atoms with E-state index in [-0.39, 0.29) is 24.2 Å². The van der Waals surface area contributed by atoms with Crippen molar-refractivity contribution in [2.45, 2.75) is 53.5 Å². The first-order chi connectivity index (χ1) is 18.8. The molecule has 1 aliphatic heterocycles. The Bertz CT molecular complexity index is 1270. The Kier molecular flexibility index (Phi) is 11.0. The van der Waals surface area contributed by atoms with Gasteiger partial charge in [-0.2, -0.15) is 0 Å². The standard InChI is InChI=1S/C30H31N3O3.C3H8/c1-21-9-11-25(12-10-21)22(2)32-36-23(3)26-13-15-28(16-14-26)31-30(35)27-17-18-33(29(34)19-27)20-24-7-5-4-6-8-24;1-3-2/h4-16,27H,3,17-20H2,1-2H3,(H,31,35);3H2,1-2H3/b32-22+;. The molecule has 6 nitrogen and oxygen atoms in total. The maximum atomic E-state index is 12.8. The van der Waals surface area contributed by atoms with Crippen molar-refractivity contribution in [2.24, 2.45) is 11.1 Å². The monoisotopic (exact) mass is 525 g/mol. The van der Waals surface area contributed by atoms with Gasteiger partial charge in [0, 0.05) is 36.7 Å². The number of rotatable bonds is 8. The molecule has 0 radical (unpaired) electrons. The lowest BCUT2D eigenvalue weighted by Crippen LogP contribution is -2.41. The third kappa shape index (κ3) is 8.95. The summed E-state index contributed by atoms with van der Waals surface area (Å²) in [5.74, 6) is -0.0447. The summed E-state index contributed by atoms with van der Waals surface area (Å²) in [5, 5.41) is 7.11. The van der Waals surface area contributed by atoms with Crippen molar-refractivity contribution in [2.75, 3.05) is 11.9 Å². The Morgan fingerprint density at radius 3 is 2.23 bits per heavy atom. The van der Waals surface area contributed by atoms with Crippen molar-refractivity contribution in [3.8, 4) is 0 Å². The summed E-state index contributed by atoms with van der Waals surface area (Å²) in [5.41, 5.74) is 5.44. The number of benzene rings is 3. The number of hydrogen-bond acceptors (Lipinski definition) is 4. The average molecular weight is 526 g/mol. The summed E-state index contributed by atoms with van der Waals surface area (Å²) in [6, 6.07) is 25.2. The molecule has 1 fully saturated rings. The molecular weight excluding hydrogens is 486 g/mol. The van der Waals surface area contributed by atoms with Gasteiger partial charge in [-0.1, -0.05) is 92.2 Å². The van der Waals surface area contributed by atoms with Crippen molar-refractivity contribution in [1.82, 2.24) is 4.90 Å². The van der Waals surface area contributed by atoms with Crippen LogP contribution < -0.4 is 5.32 Å². The summed E-state index contributed by atoms with van der Waals surface area (Å²) in [6.07, 6.45) is 2.12. The summed E-state index contributed by atoms with van der Waals surface area (Å²) >= 11 is 0. The molecule has 204 valence electrons. The van der Waals surface area contributed by atoms with Gasteiger partial charge >= 0.3 is 0 Å². The fourth-order valence-corrected chi connectivity index (χ4v) is 4.08.